The summed E-state index contributed by atoms with van der Waals surface area (Å²) in [6.45, 7) is 4.44. The molecule has 0 amide bonds. The summed E-state index contributed by atoms with van der Waals surface area (Å²) >= 11 is 0. The Morgan fingerprint density at radius 2 is 1.19 bits per heavy atom. The molecule has 0 aliphatic heterocycles. The van der Waals surface area contributed by atoms with Gasteiger partial charge in [-0.1, -0.05) is 36.4 Å². The van der Waals surface area contributed by atoms with Crippen LogP contribution in [0.2, 0.25) is 0 Å². The van der Waals surface area contributed by atoms with E-state index in [9.17, 15) is 0 Å². The molecule has 80 valence electrons. The third-order valence-electron chi connectivity index (χ3n) is 3.67. The largest absolute Gasteiger partial charge is 0.0620 e. The lowest BCUT2D eigenvalue weighted by Gasteiger charge is -2.07. The Morgan fingerprint density at radius 3 is 1.69 bits per heavy atom. The van der Waals surface area contributed by atoms with E-state index in [0.29, 0.717) is 0 Å². The number of benzene rings is 2. The number of aryl methyl sites for hydroxylation is 2. The molecule has 0 N–H and O–H groups in total. The zero-order valence-corrected chi connectivity index (χ0v) is 9.88. The average Bonchev–Trinajstić information content (AvgIpc) is 2.44. The Kier molecular flexibility index (Phi) is 2.10. The van der Waals surface area contributed by atoms with Crippen LogP contribution in [-0.2, 0) is 12.8 Å². The molecule has 1 aliphatic carbocycles. The molecule has 0 atom stereocenters. The highest BCUT2D eigenvalue weighted by Crippen LogP contribution is 2.27. The first kappa shape index (κ1) is 9.65. The zero-order valence-electron chi connectivity index (χ0n) is 9.88. The van der Waals surface area contributed by atoms with Crippen molar-refractivity contribution in [3.63, 3.8) is 0 Å². The zero-order chi connectivity index (χ0) is 11.1. The van der Waals surface area contributed by atoms with Crippen molar-refractivity contribution in [2.75, 3.05) is 0 Å². The van der Waals surface area contributed by atoms with Gasteiger partial charge in [-0.05, 0) is 60.1 Å². The summed E-state index contributed by atoms with van der Waals surface area (Å²) in [7, 11) is 0. The smallest absolute Gasteiger partial charge is 0.00202 e. The predicted molar refractivity (Wildman–Crippen MR) is 68.0 cm³/mol. The van der Waals surface area contributed by atoms with E-state index in [2.05, 4.69) is 50.2 Å². The molecule has 0 heterocycles. The molecule has 0 saturated carbocycles. The molecule has 2 aromatic rings. The summed E-state index contributed by atoms with van der Waals surface area (Å²) in [5.41, 5.74) is 8.82. The van der Waals surface area contributed by atoms with Gasteiger partial charge >= 0.3 is 0 Å². The molecular weight excluding hydrogens is 192 g/mol. The van der Waals surface area contributed by atoms with Crippen molar-refractivity contribution in [3.05, 3.63) is 69.8 Å². The number of fused-ring (bicyclic) bond motifs is 3. The molecule has 0 unspecified atom stereocenters. The van der Waals surface area contributed by atoms with Gasteiger partial charge in [0.25, 0.3) is 0 Å². The first-order valence-electron chi connectivity index (χ1n) is 5.90. The van der Waals surface area contributed by atoms with Gasteiger partial charge in [0, 0.05) is 0 Å². The van der Waals surface area contributed by atoms with E-state index in [0.717, 1.165) is 12.8 Å². The predicted octanol–water partition coefficient (Wildman–Crippen LogP) is 3.80. The van der Waals surface area contributed by atoms with E-state index < -0.39 is 0 Å². The van der Waals surface area contributed by atoms with E-state index in [4.69, 9.17) is 0 Å². The molecule has 0 nitrogen and oxygen atoms in total. The van der Waals surface area contributed by atoms with Crippen LogP contribution in [-0.4, -0.2) is 0 Å². The van der Waals surface area contributed by atoms with Gasteiger partial charge in [-0.2, -0.15) is 0 Å². The number of hydrogen-bond acceptors (Lipinski definition) is 0. The van der Waals surface area contributed by atoms with Gasteiger partial charge in [0.1, 0.15) is 0 Å². The van der Waals surface area contributed by atoms with Crippen LogP contribution >= 0.6 is 0 Å². The Hall–Kier alpha value is -1.56. The molecule has 0 fully saturated rings. The summed E-state index contributed by atoms with van der Waals surface area (Å²) in [6.07, 6.45) is 2.19. The van der Waals surface area contributed by atoms with E-state index in [1.165, 1.54) is 33.4 Å². The molecule has 0 radical (unpaired) electrons. The van der Waals surface area contributed by atoms with E-state index in [1.807, 2.05) is 0 Å². The third kappa shape index (κ3) is 1.46. The molecule has 0 spiro atoms. The summed E-state index contributed by atoms with van der Waals surface area (Å²) in [5, 5.41) is 0. The van der Waals surface area contributed by atoms with E-state index in [-0.39, 0.29) is 0 Å². The van der Waals surface area contributed by atoms with Gasteiger partial charge in [-0.25, -0.2) is 0 Å². The van der Waals surface area contributed by atoms with Crippen molar-refractivity contribution in [2.24, 2.45) is 0 Å². The first-order valence-corrected chi connectivity index (χ1v) is 5.90. The van der Waals surface area contributed by atoms with Gasteiger partial charge in [-0.15, -0.1) is 0 Å². The Bertz CT molecular complexity index is 504. The average molecular weight is 208 g/mol. The fraction of sp³-hybridized carbons (Fsp3) is 0.250. The number of rotatable bonds is 0. The summed E-state index contributed by atoms with van der Waals surface area (Å²) in [4.78, 5) is 0. The number of hydrogen-bond donors (Lipinski definition) is 0. The monoisotopic (exact) mass is 208 g/mol. The topological polar surface area (TPSA) is 0 Å². The van der Waals surface area contributed by atoms with Gasteiger partial charge in [0.2, 0.25) is 0 Å². The van der Waals surface area contributed by atoms with Crippen LogP contribution in [0, 0.1) is 13.8 Å². The lowest BCUT2D eigenvalue weighted by atomic mass is 9.98. The second-order valence-electron chi connectivity index (χ2n) is 4.83. The molecule has 0 saturated heterocycles. The Morgan fingerprint density at radius 1 is 0.688 bits per heavy atom. The molecular formula is C16H16. The second-order valence-corrected chi connectivity index (χ2v) is 4.83. The van der Waals surface area contributed by atoms with Crippen molar-refractivity contribution in [3.8, 4) is 0 Å². The fourth-order valence-electron chi connectivity index (χ4n) is 2.64. The maximum Gasteiger partial charge on any atom is -0.00202 e. The van der Waals surface area contributed by atoms with Crippen molar-refractivity contribution in [2.45, 2.75) is 26.7 Å². The fourth-order valence-corrected chi connectivity index (χ4v) is 2.64. The standard InChI is InChI=1S/C16H16/c1-11-7-12(2)16-9-14-6-4-3-5-13(14)8-15(11)10-16/h3-7,10H,8-9H2,1-2H3. The minimum atomic E-state index is 1.09. The normalized spacial score (nSPS) is 13.1. The molecule has 0 heteroatoms. The van der Waals surface area contributed by atoms with Crippen LogP contribution in [0.1, 0.15) is 33.4 Å². The van der Waals surface area contributed by atoms with Crippen molar-refractivity contribution in [1.29, 1.82) is 0 Å². The van der Waals surface area contributed by atoms with Crippen LogP contribution in [0.5, 0.6) is 0 Å². The van der Waals surface area contributed by atoms with E-state index >= 15 is 0 Å². The second kappa shape index (κ2) is 3.48. The molecule has 2 aromatic carbocycles. The van der Waals surface area contributed by atoms with Crippen molar-refractivity contribution in [1.82, 2.24) is 0 Å². The van der Waals surface area contributed by atoms with Crippen LogP contribution in [0.3, 0.4) is 0 Å². The van der Waals surface area contributed by atoms with E-state index in [1.54, 1.807) is 0 Å². The van der Waals surface area contributed by atoms with Gasteiger partial charge in [-0.3, -0.25) is 0 Å². The maximum absolute atomic E-state index is 2.39. The summed E-state index contributed by atoms with van der Waals surface area (Å²) < 4.78 is 0. The quantitative estimate of drug-likeness (QED) is 0.527. The summed E-state index contributed by atoms with van der Waals surface area (Å²) in [6, 6.07) is 13.5. The summed E-state index contributed by atoms with van der Waals surface area (Å²) in [5.74, 6) is 0. The highest BCUT2D eigenvalue weighted by Gasteiger charge is 2.13. The van der Waals surface area contributed by atoms with Crippen LogP contribution < -0.4 is 0 Å². The maximum atomic E-state index is 2.39. The molecule has 16 heavy (non-hydrogen) atoms. The van der Waals surface area contributed by atoms with Crippen LogP contribution in [0.15, 0.2) is 36.4 Å². The minimum Gasteiger partial charge on any atom is -0.0620 e. The molecule has 1 aliphatic rings. The highest BCUT2D eigenvalue weighted by molar-refractivity contribution is 5.47. The Balaban J connectivity index is 2.23. The van der Waals surface area contributed by atoms with Gasteiger partial charge in [0.15, 0.2) is 0 Å². The van der Waals surface area contributed by atoms with Crippen LogP contribution in [0.25, 0.3) is 0 Å². The first-order chi connectivity index (χ1) is 7.74. The minimum absolute atomic E-state index is 1.09. The molecule has 2 bridgehead atoms. The lowest BCUT2D eigenvalue weighted by Crippen LogP contribution is -1.92. The van der Waals surface area contributed by atoms with Crippen molar-refractivity contribution < 1.29 is 0 Å². The van der Waals surface area contributed by atoms with Crippen LogP contribution in [0.4, 0.5) is 0 Å². The van der Waals surface area contributed by atoms with Gasteiger partial charge < -0.3 is 0 Å². The molecule has 0 aromatic heterocycles. The Labute approximate surface area is 96.9 Å². The highest BCUT2D eigenvalue weighted by atomic mass is 14.2. The lowest BCUT2D eigenvalue weighted by molar-refractivity contribution is 1.13. The van der Waals surface area contributed by atoms with Gasteiger partial charge in [0.05, 0.1) is 0 Å². The third-order valence-corrected chi connectivity index (χ3v) is 3.67. The molecule has 3 rings (SSSR count). The SMILES string of the molecule is Cc1cc(C)c2cc1Cc1ccccc1C2. The van der Waals surface area contributed by atoms with Crippen molar-refractivity contribution >= 4 is 0 Å².